The maximum Gasteiger partial charge on any atom is 0.392 e. The zero-order valence-corrected chi connectivity index (χ0v) is 11.9. The fraction of sp³-hybridized carbons (Fsp3) is 0.308. The molecule has 0 unspecified atom stereocenters. The summed E-state index contributed by atoms with van der Waals surface area (Å²) in [4.78, 5) is 12.9. The minimum Gasteiger partial charge on any atom is -0.491 e. The standard InChI is InChI=1S/C13H10F3N3O2S/c14-13(15,16)3-4-21-10-2-1-8(6-17)5-9(10)19-11(20)7-22-12(19)18/h1-2,5,18H,3-4,7H2. The first-order valence-corrected chi connectivity index (χ1v) is 7.08. The Labute approximate surface area is 128 Å². The maximum atomic E-state index is 12.2. The third-order valence-corrected chi connectivity index (χ3v) is 3.60. The van der Waals surface area contributed by atoms with E-state index in [0.717, 1.165) is 16.7 Å². The van der Waals surface area contributed by atoms with Crippen LogP contribution in [0.4, 0.5) is 18.9 Å². The molecule has 1 heterocycles. The summed E-state index contributed by atoms with van der Waals surface area (Å²) in [6.07, 6.45) is -5.48. The fourth-order valence-corrected chi connectivity index (χ4v) is 2.50. The van der Waals surface area contributed by atoms with Gasteiger partial charge >= 0.3 is 6.18 Å². The molecule has 116 valence electrons. The second-order valence-electron chi connectivity index (χ2n) is 4.33. The Morgan fingerprint density at radius 3 is 2.73 bits per heavy atom. The Bertz CT molecular complexity index is 639. The number of anilines is 1. The predicted molar refractivity (Wildman–Crippen MR) is 75.0 cm³/mol. The molecule has 1 aromatic carbocycles. The van der Waals surface area contributed by atoms with Crippen LogP contribution in [0.2, 0.25) is 0 Å². The Kier molecular flexibility index (Phi) is 4.61. The highest BCUT2D eigenvalue weighted by Gasteiger charge is 2.31. The number of halogens is 3. The molecule has 5 nitrogen and oxygen atoms in total. The lowest BCUT2D eigenvalue weighted by molar-refractivity contribution is -0.139. The number of carbonyl (C=O) groups is 1. The van der Waals surface area contributed by atoms with Gasteiger partial charge in [0, 0.05) is 0 Å². The molecule has 0 aliphatic carbocycles. The summed E-state index contributed by atoms with van der Waals surface area (Å²) >= 11 is 1.000. The summed E-state index contributed by atoms with van der Waals surface area (Å²) < 4.78 is 41.6. The normalized spacial score (nSPS) is 15.1. The van der Waals surface area contributed by atoms with Gasteiger partial charge in [-0.1, -0.05) is 11.8 Å². The number of nitrogens with one attached hydrogen (secondary N) is 1. The number of amides is 1. The molecule has 1 amide bonds. The minimum atomic E-state index is -4.35. The van der Waals surface area contributed by atoms with E-state index >= 15 is 0 Å². The molecule has 1 aromatic rings. The van der Waals surface area contributed by atoms with Crippen LogP contribution in [0.3, 0.4) is 0 Å². The highest BCUT2D eigenvalue weighted by atomic mass is 32.2. The van der Waals surface area contributed by atoms with Crippen LogP contribution in [0, 0.1) is 16.7 Å². The quantitative estimate of drug-likeness (QED) is 0.921. The zero-order chi connectivity index (χ0) is 16.3. The summed E-state index contributed by atoms with van der Waals surface area (Å²) in [5.41, 5.74) is 0.330. The number of carbonyl (C=O) groups excluding carboxylic acids is 1. The number of amidine groups is 1. The monoisotopic (exact) mass is 329 g/mol. The lowest BCUT2D eigenvalue weighted by Gasteiger charge is -2.19. The fourth-order valence-electron chi connectivity index (χ4n) is 1.78. The van der Waals surface area contributed by atoms with Gasteiger partial charge in [-0.15, -0.1) is 0 Å². The number of alkyl halides is 3. The van der Waals surface area contributed by atoms with E-state index in [4.69, 9.17) is 15.4 Å². The molecule has 1 fully saturated rings. The Morgan fingerprint density at radius 1 is 1.45 bits per heavy atom. The van der Waals surface area contributed by atoms with E-state index in [-0.39, 0.29) is 33.8 Å². The van der Waals surface area contributed by atoms with Crippen LogP contribution in [0.15, 0.2) is 18.2 Å². The molecule has 1 N–H and O–H groups in total. The smallest absolute Gasteiger partial charge is 0.392 e. The number of rotatable bonds is 4. The summed E-state index contributed by atoms with van der Waals surface area (Å²) in [7, 11) is 0. The highest BCUT2D eigenvalue weighted by molar-refractivity contribution is 8.15. The van der Waals surface area contributed by atoms with Crippen molar-refractivity contribution >= 4 is 28.5 Å². The van der Waals surface area contributed by atoms with Crippen molar-refractivity contribution in [1.82, 2.24) is 0 Å². The van der Waals surface area contributed by atoms with Gasteiger partial charge in [-0.2, -0.15) is 18.4 Å². The van der Waals surface area contributed by atoms with E-state index in [9.17, 15) is 18.0 Å². The molecule has 0 atom stereocenters. The second kappa shape index (κ2) is 6.27. The maximum absolute atomic E-state index is 12.2. The first kappa shape index (κ1) is 16.2. The van der Waals surface area contributed by atoms with Gasteiger partial charge in [0.05, 0.1) is 36.1 Å². The highest BCUT2D eigenvalue weighted by Crippen LogP contribution is 2.35. The predicted octanol–water partition coefficient (Wildman–Crippen LogP) is 2.90. The van der Waals surface area contributed by atoms with Crippen LogP contribution in [0.1, 0.15) is 12.0 Å². The number of benzene rings is 1. The largest absolute Gasteiger partial charge is 0.491 e. The van der Waals surface area contributed by atoms with Crippen molar-refractivity contribution in [3.05, 3.63) is 23.8 Å². The van der Waals surface area contributed by atoms with Gasteiger partial charge in [-0.25, -0.2) is 0 Å². The molecule has 0 saturated carbocycles. The van der Waals surface area contributed by atoms with Crippen LogP contribution in [-0.4, -0.2) is 29.6 Å². The van der Waals surface area contributed by atoms with E-state index in [2.05, 4.69) is 0 Å². The van der Waals surface area contributed by atoms with Gasteiger partial charge in [-0.05, 0) is 18.2 Å². The number of thioether (sulfide) groups is 1. The molecule has 9 heteroatoms. The van der Waals surface area contributed by atoms with Gasteiger partial charge in [-0.3, -0.25) is 15.1 Å². The Hall–Kier alpha value is -2.21. The van der Waals surface area contributed by atoms with Gasteiger partial charge in [0.25, 0.3) is 0 Å². The van der Waals surface area contributed by atoms with E-state index < -0.39 is 19.2 Å². The van der Waals surface area contributed by atoms with E-state index in [0.29, 0.717) is 0 Å². The van der Waals surface area contributed by atoms with Crippen LogP contribution in [0.25, 0.3) is 0 Å². The molecule has 1 saturated heterocycles. The van der Waals surface area contributed by atoms with E-state index in [1.54, 1.807) is 0 Å². The number of hydrogen-bond donors (Lipinski definition) is 1. The van der Waals surface area contributed by atoms with Crippen molar-refractivity contribution in [2.75, 3.05) is 17.3 Å². The van der Waals surface area contributed by atoms with Crippen molar-refractivity contribution in [3.8, 4) is 11.8 Å². The number of nitriles is 1. The summed E-state index contributed by atoms with van der Waals surface area (Å²) in [5.74, 6) is -0.285. The number of hydrogen-bond acceptors (Lipinski definition) is 5. The van der Waals surface area contributed by atoms with Crippen molar-refractivity contribution in [2.45, 2.75) is 12.6 Å². The first-order valence-electron chi connectivity index (χ1n) is 6.10. The van der Waals surface area contributed by atoms with Crippen molar-refractivity contribution < 1.29 is 22.7 Å². The number of nitrogens with zero attached hydrogens (tertiary/aromatic N) is 2. The molecule has 2 rings (SSSR count). The molecule has 0 bridgehead atoms. The van der Waals surface area contributed by atoms with E-state index in [1.165, 1.54) is 18.2 Å². The minimum absolute atomic E-state index is 0.0313. The molecular formula is C13H10F3N3O2S. The molecular weight excluding hydrogens is 319 g/mol. The zero-order valence-electron chi connectivity index (χ0n) is 11.1. The van der Waals surface area contributed by atoms with Gasteiger partial charge in [0.15, 0.2) is 5.17 Å². The summed E-state index contributed by atoms with van der Waals surface area (Å²) in [6, 6.07) is 5.90. The third kappa shape index (κ3) is 3.71. The number of ether oxygens (including phenoxy) is 1. The summed E-state index contributed by atoms with van der Waals surface area (Å²) in [5, 5.41) is 16.6. The van der Waals surface area contributed by atoms with Crippen molar-refractivity contribution in [3.63, 3.8) is 0 Å². The Balaban J connectivity index is 2.28. The van der Waals surface area contributed by atoms with Crippen LogP contribution in [0.5, 0.6) is 5.75 Å². The molecule has 0 spiro atoms. The third-order valence-electron chi connectivity index (χ3n) is 2.76. The molecule has 22 heavy (non-hydrogen) atoms. The van der Waals surface area contributed by atoms with Gasteiger partial charge in [0.2, 0.25) is 5.91 Å². The van der Waals surface area contributed by atoms with Crippen LogP contribution in [-0.2, 0) is 4.79 Å². The lowest BCUT2D eigenvalue weighted by atomic mass is 10.2. The lowest BCUT2D eigenvalue weighted by Crippen LogP contribution is -2.29. The molecule has 1 aliphatic rings. The second-order valence-corrected chi connectivity index (χ2v) is 5.29. The SMILES string of the molecule is N#Cc1ccc(OCCC(F)(F)F)c(N2C(=N)SCC2=O)c1. The first-order chi connectivity index (χ1) is 10.3. The summed E-state index contributed by atoms with van der Waals surface area (Å²) in [6.45, 7) is -0.606. The Morgan fingerprint density at radius 2 is 2.18 bits per heavy atom. The van der Waals surface area contributed by atoms with Crippen LogP contribution >= 0.6 is 11.8 Å². The van der Waals surface area contributed by atoms with Gasteiger partial charge in [0.1, 0.15) is 5.75 Å². The average Bonchev–Trinajstić information content (AvgIpc) is 2.77. The molecule has 1 aliphatic heterocycles. The van der Waals surface area contributed by atoms with Gasteiger partial charge < -0.3 is 4.74 Å². The molecule has 0 radical (unpaired) electrons. The van der Waals surface area contributed by atoms with Crippen molar-refractivity contribution in [2.24, 2.45) is 0 Å². The van der Waals surface area contributed by atoms with E-state index in [1.807, 2.05) is 6.07 Å². The molecule has 0 aromatic heterocycles. The average molecular weight is 329 g/mol. The van der Waals surface area contributed by atoms with Crippen molar-refractivity contribution in [1.29, 1.82) is 10.7 Å². The van der Waals surface area contributed by atoms with Crippen LogP contribution < -0.4 is 9.64 Å². The topological polar surface area (TPSA) is 77.2 Å².